The smallest absolute Gasteiger partial charge is 0.258 e. The van der Waals surface area contributed by atoms with Crippen LogP contribution >= 0.6 is 20.1 Å². The molecule has 1 aromatic carbocycles. The largest absolute Gasteiger partial charge is 0.374 e. The van der Waals surface area contributed by atoms with Crippen molar-refractivity contribution in [2.45, 2.75) is 5.91 Å². The molecule has 3 N–H and O–H groups in total. The number of alkyl halides is 1. The highest BCUT2D eigenvalue weighted by molar-refractivity contribution is 7.31. The van der Waals surface area contributed by atoms with Crippen LogP contribution in [0.4, 0.5) is 4.39 Å². The van der Waals surface area contributed by atoms with E-state index in [1.54, 1.807) is 24.3 Å². The zero-order valence-corrected chi connectivity index (χ0v) is 9.92. The molecule has 0 fully saturated rings. The van der Waals surface area contributed by atoms with Crippen molar-refractivity contribution in [3.63, 3.8) is 0 Å². The maximum Gasteiger partial charge on any atom is 0.258 e. The van der Waals surface area contributed by atoms with Gasteiger partial charge in [-0.05, 0) is 29.1 Å². The molecule has 0 spiro atoms. The van der Waals surface area contributed by atoms with Crippen LogP contribution in [0, 0.1) is 0 Å². The minimum absolute atomic E-state index is 0.419. The molecule has 0 aliphatic carbocycles. The van der Waals surface area contributed by atoms with E-state index in [1.165, 1.54) is 11.3 Å². The molecule has 3 nitrogen and oxygen atoms in total. The second-order valence-corrected chi connectivity index (χ2v) is 5.11. The van der Waals surface area contributed by atoms with Crippen LogP contribution < -0.4 is 5.73 Å². The van der Waals surface area contributed by atoms with Crippen molar-refractivity contribution < 1.29 is 14.1 Å². The Hall–Kier alpha value is -1.03. The van der Waals surface area contributed by atoms with Crippen LogP contribution in [0.3, 0.4) is 0 Å². The molecule has 84 valence electrons. The highest BCUT2D eigenvalue weighted by Crippen LogP contribution is 2.35. The maximum absolute atomic E-state index is 13.2. The number of amides is 1. The Bertz CT molecular complexity index is 543. The summed E-state index contributed by atoms with van der Waals surface area (Å²) in [6, 6.07) is 6.61. The molecule has 1 heterocycles. The van der Waals surface area contributed by atoms with Gasteiger partial charge in [-0.3, -0.25) is 4.79 Å². The fourth-order valence-corrected chi connectivity index (χ4v) is 2.64. The predicted molar refractivity (Wildman–Crippen MR) is 64.7 cm³/mol. The summed E-state index contributed by atoms with van der Waals surface area (Å²) in [5.41, 5.74) is 5.58. The van der Waals surface area contributed by atoms with Crippen LogP contribution in [0.25, 0.3) is 10.1 Å². The fourth-order valence-electron chi connectivity index (χ4n) is 1.42. The summed E-state index contributed by atoms with van der Waals surface area (Å²) in [4.78, 5) is 20.2. The van der Waals surface area contributed by atoms with E-state index < -0.39 is 20.6 Å². The van der Waals surface area contributed by atoms with Gasteiger partial charge in [-0.15, -0.1) is 11.3 Å². The number of hydrogen-bond donors (Lipinski definition) is 2. The molecule has 0 bridgehead atoms. The van der Waals surface area contributed by atoms with E-state index in [0.29, 0.717) is 10.4 Å². The summed E-state index contributed by atoms with van der Waals surface area (Å²) in [5.74, 6) is -1.84. The van der Waals surface area contributed by atoms with E-state index in [4.69, 9.17) is 10.6 Å². The summed E-state index contributed by atoms with van der Waals surface area (Å²) >= 11 is 1.28. The first-order chi connectivity index (χ1) is 7.61. The third-order valence-corrected chi connectivity index (χ3v) is 3.88. The van der Waals surface area contributed by atoms with Gasteiger partial charge < -0.3 is 10.6 Å². The SMILES string of the molecule is NC(=O)c1cc2cc(C(F)PO)ccc2s1. The molecule has 6 heteroatoms. The summed E-state index contributed by atoms with van der Waals surface area (Å²) in [6.07, 6.45) is 0. The lowest BCUT2D eigenvalue weighted by Gasteiger charge is -2.03. The molecule has 2 aromatic rings. The van der Waals surface area contributed by atoms with Crippen LogP contribution in [-0.4, -0.2) is 10.8 Å². The number of carbonyl (C=O) groups is 1. The lowest BCUT2D eigenvalue weighted by Crippen LogP contribution is -2.07. The number of benzene rings is 1. The van der Waals surface area contributed by atoms with Gasteiger partial charge in [0.15, 0.2) is 5.91 Å². The van der Waals surface area contributed by atoms with Gasteiger partial charge >= 0.3 is 0 Å². The molecule has 2 rings (SSSR count). The van der Waals surface area contributed by atoms with Crippen molar-refractivity contribution >= 4 is 36.1 Å². The molecular weight excluding hydrogens is 248 g/mol. The summed E-state index contributed by atoms with van der Waals surface area (Å²) < 4.78 is 14.1. The fraction of sp³-hybridized carbons (Fsp3) is 0.100. The number of nitrogens with two attached hydrogens (primary N) is 1. The van der Waals surface area contributed by atoms with Crippen LogP contribution in [0.15, 0.2) is 24.3 Å². The first-order valence-electron chi connectivity index (χ1n) is 4.49. The summed E-state index contributed by atoms with van der Waals surface area (Å²) in [7, 11) is -0.773. The quantitative estimate of drug-likeness (QED) is 0.830. The van der Waals surface area contributed by atoms with Crippen molar-refractivity contribution in [1.29, 1.82) is 0 Å². The second kappa shape index (κ2) is 4.45. The first-order valence-corrected chi connectivity index (χ1v) is 6.33. The Labute approximate surface area is 96.9 Å². The van der Waals surface area contributed by atoms with Crippen molar-refractivity contribution in [1.82, 2.24) is 0 Å². The molecule has 2 unspecified atom stereocenters. The van der Waals surface area contributed by atoms with Gasteiger partial charge in [-0.1, -0.05) is 6.07 Å². The molecule has 0 aliphatic rings. The number of rotatable bonds is 3. The van der Waals surface area contributed by atoms with Gasteiger partial charge in [0.1, 0.15) is 0 Å². The van der Waals surface area contributed by atoms with Gasteiger partial charge in [0.25, 0.3) is 5.91 Å². The van der Waals surface area contributed by atoms with E-state index in [2.05, 4.69) is 0 Å². The number of carbonyl (C=O) groups excluding carboxylic acids is 1. The predicted octanol–water partition coefficient (Wildman–Crippen LogP) is 2.55. The number of halogens is 1. The molecule has 0 radical (unpaired) electrons. The number of fused-ring (bicyclic) bond motifs is 1. The standard InChI is InChI=1S/C10H9FNO2PS/c11-9(15-14)5-1-2-7-6(3-5)4-8(16-7)10(12)13/h1-4,9,14-15H,(H2,12,13). The maximum atomic E-state index is 13.2. The van der Waals surface area contributed by atoms with Gasteiger partial charge in [0, 0.05) is 4.70 Å². The molecule has 16 heavy (non-hydrogen) atoms. The number of primary amides is 1. The van der Waals surface area contributed by atoms with E-state index in [1.807, 2.05) is 0 Å². The van der Waals surface area contributed by atoms with E-state index in [0.717, 1.165) is 10.1 Å². The van der Waals surface area contributed by atoms with E-state index >= 15 is 0 Å². The zero-order chi connectivity index (χ0) is 11.7. The van der Waals surface area contributed by atoms with E-state index in [9.17, 15) is 9.18 Å². The molecule has 1 aromatic heterocycles. The molecule has 0 aliphatic heterocycles. The Balaban J connectivity index is 2.49. The van der Waals surface area contributed by atoms with Crippen molar-refractivity contribution in [2.24, 2.45) is 5.73 Å². The highest BCUT2D eigenvalue weighted by atomic mass is 32.1. The lowest BCUT2D eigenvalue weighted by molar-refractivity contribution is 0.100. The second-order valence-electron chi connectivity index (χ2n) is 3.26. The van der Waals surface area contributed by atoms with Crippen LogP contribution in [0.5, 0.6) is 0 Å². The first kappa shape index (κ1) is 11.5. The average Bonchev–Trinajstić information content (AvgIpc) is 2.70. The normalized spacial score (nSPS) is 13.6. The van der Waals surface area contributed by atoms with Gasteiger partial charge in [-0.25, -0.2) is 4.39 Å². The van der Waals surface area contributed by atoms with Crippen LogP contribution in [0.1, 0.15) is 21.1 Å². The zero-order valence-electron chi connectivity index (χ0n) is 8.11. The summed E-state index contributed by atoms with van der Waals surface area (Å²) in [5, 5.41) is 0.775. The van der Waals surface area contributed by atoms with Crippen molar-refractivity contribution in [3.8, 4) is 0 Å². The van der Waals surface area contributed by atoms with Crippen LogP contribution in [0.2, 0.25) is 0 Å². The highest BCUT2D eigenvalue weighted by Gasteiger charge is 2.11. The monoisotopic (exact) mass is 257 g/mol. The van der Waals surface area contributed by atoms with Crippen molar-refractivity contribution in [3.05, 3.63) is 34.7 Å². The summed E-state index contributed by atoms with van der Waals surface area (Å²) in [6.45, 7) is 0. The minimum Gasteiger partial charge on any atom is -0.374 e. The Morgan fingerprint density at radius 1 is 1.50 bits per heavy atom. The molecule has 2 atom stereocenters. The van der Waals surface area contributed by atoms with E-state index in [-0.39, 0.29) is 0 Å². The van der Waals surface area contributed by atoms with Gasteiger partial charge in [0.2, 0.25) is 0 Å². The number of hydrogen-bond acceptors (Lipinski definition) is 3. The third kappa shape index (κ3) is 2.07. The van der Waals surface area contributed by atoms with Crippen molar-refractivity contribution in [2.75, 3.05) is 0 Å². The van der Waals surface area contributed by atoms with Gasteiger partial charge in [-0.2, -0.15) is 0 Å². The minimum atomic E-state index is -1.36. The molecule has 1 amide bonds. The number of thiophene rings is 1. The Morgan fingerprint density at radius 3 is 2.88 bits per heavy atom. The average molecular weight is 257 g/mol. The molecule has 0 saturated carbocycles. The Kier molecular flexibility index (Phi) is 3.19. The third-order valence-electron chi connectivity index (χ3n) is 2.19. The Morgan fingerprint density at radius 2 is 2.25 bits per heavy atom. The topological polar surface area (TPSA) is 63.3 Å². The lowest BCUT2D eigenvalue weighted by atomic mass is 10.2. The molecule has 0 saturated heterocycles. The van der Waals surface area contributed by atoms with Gasteiger partial charge in [0.05, 0.1) is 13.7 Å². The van der Waals surface area contributed by atoms with Crippen LogP contribution in [-0.2, 0) is 0 Å². The molecular formula is C10H9FNO2PS.